The van der Waals surface area contributed by atoms with Gasteiger partial charge in [0, 0.05) is 32.8 Å². The van der Waals surface area contributed by atoms with Gasteiger partial charge in [0.15, 0.2) is 0 Å². The average molecular weight is 441 g/mol. The van der Waals surface area contributed by atoms with E-state index in [0.29, 0.717) is 19.1 Å². The molecule has 1 aromatic carbocycles. The standard InChI is InChI=1S/C23H37FN2O5/c1-16(2)12-17-13-26(23(29)18-8-4-5-9-19(18)24)14-21(30-3)22(28)20(27)15-31-11-7-6-10-25-17/h4-5,8-9,16-17,20-22,25,27-28H,6-7,10-15H2,1-3H3/t17-,20-,21-,22-/m1/s1. The number of hydrogen-bond acceptors (Lipinski definition) is 6. The van der Waals surface area contributed by atoms with Crippen LogP contribution in [0.3, 0.4) is 0 Å². The topological polar surface area (TPSA) is 91.3 Å². The highest BCUT2D eigenvalue weighted by Gasteiger charge is 2.32. The van der Waals surface area contributed by atoms with Gasteiger partial charge in [-0.25, -0.2) is 4.39 Å². The molecule has 1 aromatic rings. The number of benzene rings is 1. The third-order valence-corrected chi connectivity index (χ3v) is 5.50. The van der Waals surface area contributed by atoms with E-state index in [1.807, 2.05) is 0 Å². The van der Waals surface area contributed by atoms with E-state index in [1.54, 1.807) is 6.07 Å². The Morgan fingerprint density at radius 1 is 1.29 bits per heavy atom. The van der Waals surface area contributed by atoms with Crippen molar-refractivity contribution in [3.05, 3.63) is 35.6 Å². The van der Waals surface area contributed by atoms with Gasteiger partial charge in [-0.3, -0.25) is 4.79 Å². The molecule has 0 unspecified atom stereocenters. The minimum Gasteiger partial charge on any atom is -0.388 e. The molecule has 0 aromatic heterocycles. The number of hydrogen-bond donors (Lipinski definition) is 3. The second-order valence-corrected chi connectivity index (χ2v) is 8.58. The predicted molar refractivity (Wildman–Crippen MR) is 116 cm³/mol. The van der Waals surface area contributed by atoms with Crippen LogP contribution in [0.2, 0.25) is 0 Å². The van der Waals surface area contributed by atoms with Crippen molar-refractivity contribution in [3.8, 4) is 0 Å². The summed E-state index contributed by atoms with van der Waals surface area (Å²) in [5, 5.41) is 24.4. The maximum absolute atomic E-state index is 14.4. The van der Waals surface area contributed by atoms with E-state index in [-0.39, 0.29) is 24.8 Å². The van der Waals surface area contributed by atoms with Gasteiger partial charge in [0.05, 0.1) is 12.2 Å². The summed E-state index contributed by atoms with van der Waals surface area (Å²) in [4.78, 5) is 14.8. The number of rotatable bonds is 4. The third kappa shape index (κ3) is 8.12. The van der Waals surface area contributed by atoms with E-state index >= 15 is 0 Å². The Morgan fingerprint density at radius 2 is 2.03 bits per heavy atom. The molecule has 1 saturated heterocycles. The number of nitrogens with zero attached hydrogens (tertiary/aromatic N) is 1. The van der Waals surface area contributed by atoms with Crippen LogP contribution in [0.15, 0.2) is 24.3 Å². The molecule has 31 heavy (non-hydrogen) atoms. The molecule has 0 spiro atoms. The lowest BCUT2D eigenvalue weighted by Crippen LogP contribution is -2.52. The first-order valence-electron chi connectivity index (χ1n) is 11.1. The highest BCUT2D eigenvalue weighted by atomic mass is 19.1. The fourth-order valence-electron chi connectivity index (χ4n) is 3.83. The SMILES string of the molecule is CO[C@@H]1CN(C(=O)c2ccccc2F)C[C@@H](CC(C)C)NCCCCOC[C@@H](O)[C@H]1O. The number of carbonyl (C=O) groups excluding carboxylic acids is 1. The smallest absolute Gasteiger partial charge is 0.256 e. The molecular formula is C23H37FN2O5. The lowest BCUT2D eigenvalue weighted by atomic mass is 10.0. The molecule has 4 atom stereocenters. The average Bonchev–Trinajstić information content (AvgIpc) is 2.74. The van der Waals surface area contributed by atoms with Crippen LogP contribution in [0.25, 0.3) is 0 Å². The van der Waals surface area contributed by atoms with Gasteiger partial charge in [-0.15, -0.1) is 0 Å². The predicted octanol–water partition coefficient (Wildman–Crippen LogP) is 1.82. The summed E-state index contributed by atoms with van der Waals surface area (Å²) in [6.07, 6.45) is -0.717. The van der Waals surface area contributed by atoms with Crippen LogP contribution in [-0.4, -0.2) is 85.3 Å². The fourth-order valence-corrected chi connectivity index (χ4v) is 3.83. The molecule has 2 rings (SSSR count). The highest BCUT2D eigenvalue weighted by Crippen LogP contribution is 2.16. The van der Waals surface area contributed by atoms with Gasteiger partial charge in [0.1, 0.15) is 24.1 Å². The number of nitrogens with one attached hydrogen (secondary N) is 1. The van der Waals surface area contributed by atoms with E-state index in [4.69, 9.17) is 9.47 Å². The summed E-state index contributed by atoms with van der Waals surface area (Å²) in [6.45, 7) is 5.81. The van der Waals surface area contributed by atoms with Crippen molar-refractivity contribution in [3.63, 3.8) is 0 Å². The maximum atomic E-state index is 14.4. The third-order valence-electron chi connectivity index (χ3n) is 5.50. The summed E-state index contributed by atoms with van der Waals surface area (Å²) < 4.78 is 25.3. The van der Waals surface area contributed by atoms with Crippen molar-refractivity contribution in [2.45, 2.75) is 57.5 Å². The second-order valence-electron chi connectivity index (χ2n) is 8.58. The summed E-state index contributed by atoms with van der Waals surface area (Å²) in [7, 11) is 1.42. The van der Waals surface area contributed by atoms with Gasteiger partial charge in [-0.05, 0) is 43.9 Å². The van der Waals surface area contributed by atoms with Crippen LogP contribution in [0, 0.1) is 11.7 Å². The fraction of sp³-hybridized carbons (Fsp3) is 0.696. The van der Waals surface area contributed by atoms with Gasteiger partial charge in [0.25, 0.3) is 5.91 Å². The number of methoxy groups -OCH3 is 1. The molecule has 0 bridgehead atoms. The molecule has 8 heteroatoms. The molecule has 0 saturated carbocycles. The zero-order valence-electron chi connectivity index (χ0n) is 18.8. The Hall–Kier alpha value is -1.58. The van der Waals surface area contributed by atoms with Crippen molar-refractivity contribution >= 4 is 5.91 Å². The summed E-state index contributed by atoms with van der Waals surface area (Å²) in [6, 6.07) is 5.86. The van der Waals surface area contributed by atoms with E-state index < -0.39 is 30.0 Å². The van der Waals surface area contributed by atoms with E-state index in [0.717, 1.165) is 25.8 Å². The lowest BCUT2D eigenvalue weighted by molar-refractivity contribution is -0.105. The zero-order valence-corrected chi connectivity index (χ0v) is 18.8. The Morgan fingerprint density at radius 3 is 2.71 bits per heavy atom. The monoisotopic (exact) mass is 440 g/mol. The molecule has 3 N–H and O–H groups in total. The van der Waals surface area contributed by atoms with Crippen LogP contribution < -0.4 is 5.32 Å². The quantitative estimate of drug-likeness (QED) is 0.662. The van der Waals surface area contributed by atoms with Crippen LogP contribution in [-0.2, 0) is 9.47 Å². The highest BCUT2D eigenvalue weighted by molar-refractivity contribution is 5.94. The molecule has 7 nitrogen and oxygen atoms in total. The van der Waals surface area contributed by atoms with Gasteiger partial charge >= 0.3 is 0 Å². The van der Waals surface area contributed by atoms with E-state index in [9.17, 15) is 19.4 Å². The Balaban J connectivity index is 2.32. The molecule has 1 aliphatic heterocycles. The van der Waals surface area contributed by atoms with Crippen molar-refractivity contribution in [1.29, 1.82) is 0 Å². The van der Waals surface area contributed by atoms with Gasteiger partial charge in [0.2, 0.25) is 0 Å². The Bertz CT molecular complexity index is 675. The van der Waals surface area contributed by atoms with E-state index in [1.165, 1.54) is 30.2 Å². The number of amides is 1. The van der Waals surface area contributed by atoms with Gasteiger partial charge < -0.3 is 29.9 Å². The zero-order chi connectivity index (χ0) is 22.8. The maximum Gasteiger partial charge on any atom is 0.256 e. The van der Waals surface area contributed by atoms with Gasteiger partial charge in [-0.1, -0.05) is 26.0 Å². The molecule has 1 fully saturated rings. The van der Waals surface area contributed by atoms with Gasteiger partial charge in [-0.2, -0.15) is 0 Å². The first-order valence-corrected chi connectivity index (χ1v) is 11.1. The molecular weight excluding hydrogens is 403 g/mol. The lowest BCUT2D eigenvalue weighted by Gasteiger charge is -2.34. The number of carbonyl (C=O) groups is 1. The van der Waals surface area contributed by atoms with Crippen molar-refractivity contribution in [1.82, 2.24) is 10.2 Å². The van der Waals surface area contributed by atoms with Crippen LogP contribution in [0.5, 0.6) is 0 Å². The van der Waals surface area contributed by atoms with Crippen LogP contribution >= 0.6 is 0 Å². The molecule has 0 radical (unpaired) electrons. The molecule has 1 aliphatic rings. The minimum atomic E-state index is -1.25. The van der Waals surface area contributed by atoms with Crippen LogP contribution in [0.1, 0.15) is 43.5 Å². The summed E-state index contributed by atoms with van der Waals surface area (Å²) in [5.41, 5.74) is -0.0277. The summed E-state index contributed by atoms with van der Waals surface area (Å²) >= 11 is 0. The first-order chi connectivity index (χ1) is 14.8. The first kappa shape index (κ1) is 25.7. The minimum absolute atomic E-state index is 0.000783. The summed E-state index contributed by atoms with van der Waals surface area (Å²) in [5.74, 6) is -0.667. The number of aliphatic hydroxyl groups excluding tert-OH is 2. The molecule has 176 valence electrons. The molecule has 0 aliphatic carbocycles. The second kappa shape index (κ2) is 13.1. The number of aliphatic hydroxyl groups is 2. The molecule has 1 heterocycles. The Kier molecular flexibility index (Phi) is 10.8. The van der Waals surface area contributed by atoms with Crippen LogP contribution in [0.4, 0.5) is 4.39 Å². The number of halogens is 1. The number of ether oxygens (including phenoxy) is 2. The normalized spacial score (nSPS) is 27.1. The van der Waals surface area contributed by atoms with Crippen molar-refractivity contribution < 1.29 is 28.9 Å². The van der Waals surface area contributed by atoms with E-state index in [2.05, 4.69) is 19.2 Å². The molecule has 1 amide bonds. The largest absolute Gasteiger partial charge is 0.388 e. The Labute approximate surface area is 184 Å². The van der Waals surface area contributed by atoms with Crippen molar-refractivity contribution in [2.75, 3.05) is 40.0 Å². The van der Waals surface area contributed by atoms with Crippen molar-refractivity contribution in [2.24, 2.45) is 5.92 Å².